The summed E-state index contributed by atoms with van der Waals surface area (Å²) in [6.07, 6.45) is 2.73. The van der Waals surface area contributed by atoms with Crippen molar-refractivity contribution in [3.63, 3.8) is 0 Å². The molecule has 1 aliphatic heterocycles. The van der Waals surface area contributed by atoms with Gasteiger partial charge in [-0.25, -0.2) is 0 Å². The average Bonchev–Trinajstić information content (AvgIpc) is 2.73. The summed E-state index contributed by atoms with van der Waals surface area (Å²) in [4.78, 5) is 14.9. The fraction of sp³-hybridized carbons (Fsp3) is 0.409. The van der Waals surface area contributed by atoms with Crippen LogP contribution in [0.5, 0.6) is 17.2 Å². The first kappa shape index (κ1) is 19.1. The van der Waals surface area contributed by atoms with Gasteiger partial charge in [-0.15, -0.1) is 0 Å². The van der Waals surface area contributed by atoms with E-state index in [9.17, 15) is 4.79 Å². The van der Waals surface area contributed by atoms with Gasteiger partial charge >= 0.3 is 0 Å². The maximum Gasteiger partial charge on any atom is 0.261 e. The van der Waals surface area contributed by atoms with Crippen molar-refractivity contribution in [3.05, 3.63) is 53.6 Å². The third kappa shape index (κ3) is 4.35. The Labute approximate surface area is 160 Å². The molecule has 2 aromatic rings. The van der Waals surface area contributed by atoms with Crippen molar-refractivity contribution in [1.82, 2.24) is 4.90 Å². The molecule has 1 fully saturated rings. The van der Waals surface area contributed by atoms with E-state index in [-0.39, 0.29) is 12.0 Å². The minimum absolute atomic E-state index is 0.0595. The Balaban J connectivity index is 1.64. The van der Waals surface area contributed by atoms with Crippen LogP contribution in [0.25, 0.3) is 0 Å². The second-order valence-electron chi connectivity index (χ2n) is 6.65. The van der Waals surface area contributed by atoms with E-state index in [1.165, 1.54) is 5.56 Å². The largest absolute Gasteiger partial charge is 0.496 e. The number of hydrogen-bond acceptors (Lipinski definition) is 4. The topological polar surface area (TPSA) is 48.0 Å². The van der Waals surface area contributed by atoms with E-state index in [0.29, 0.717) is 30.2 Å². The number of methoxy groups -OCH3 is 2. The molecule has 144 valence electrons. The molecular formula is C22H27NO4. The van der Waals surface area contributed by atoms with Crippen molar-refractivity contribution >= 4 is 5.91 Å². The van der Waals surface area contributed by atoms with Gasteiger partial charge in [-0.3, -0.25) is 4.79 Å². The maximum atomic E-state index is 13.0. The quantitative estimate of drug-likeness (QED) is 0.774. The molecule has 0 atom stereocenters. The van der Waals surface area contributed by atoms with Gasteiger partial charge in [-0.1, -0.05) is 25.1 Å². The van der Waals surface area contributed by atoms with Gasteiger partial charge in [0.25, 0.3) is 5.91 Å². The predicted octanol–water partition coefficient (Wildman–Crippen LogP) is 3.95. The number of likely N-dealkylation sites (tertiary alicyclic amines) is 1. The van der Waals surface area contributed by atoms with Gasteiger partial charge < -0.3 is 19.1 Å². The molecule has 0 N–H and O–H groups in total. The molecule has 5 heteroatoms. The van der Waals surface area contributed by atoms with Gasteiger partial charge in [0.05, 0.1) is 14.2 Å². The lowest BCUT2D eigenvalue weighted by Gasteiger charge is -2.32. The van der Waals surface area contributed by atoms with Gasteiger partial charge in [0.15, 0.2) is 0 Å². The van der Waals surface area contributed by atoms with Crippen LogP contribution < -0.4 is 14.2 Å². The van der Waals surface area contributed by atoms with Crippen molar-refractivity contribution in [1.29, 1.82) is 0 Å². The summed E-state index contributed by atoms with van der Waals surface area (Å²) in [7, 11) is 3.13. The zero-order chi connectivity index (χ0) is 19.2. The van der Waals surface area contributed by atoms with Crippen LogP contribution in [0, 0.1) is 0 Å². The molecule has 0 radical (unpaired) electrons. The summed E-state index contributed by atoms with van der Waals surface area (Å²) in [6, 6.07) is 13.6. The number of carbonyl (C=O) groups is 1. The van der Waals surface area contributed by atoms with Crippen LogP contribution in [0.1, 0.15) is 35.7 Å². The first-order chi connectivity index (χ1) is 13.2. The third-order valence-electron chi connectivity index (χ3n) is 4.98. The summed E-state index contributed by atoms with van der Waals surface area (Å²) in [5, 5.41) is 0. The standard InChI is InChI=1S/C22H27NO4/c1-4-16-7-5-8-18(15-16)27-17-11-13-23(14-12-17)22(24)21-19(25-2)9-6-10-20(21)26-3/h5-10,15,17H,4,11-14H2,1-3H3. The van der Waals surface area contributed by atoms with Crippen molar-refractivity contribution in [3.8, 4) is 17.2 Å². The van der Waals surface area contributed by atoms with Gasteiger partial charge in [0.2, 0.25) is 0 Å². The van der Waals surface area contributed by atoms with Crippen LogP contribution in [-0.4, -0.2) is 44.2 Å². The first-order valence-corrected chi connectivity index (χ1v) is 9.42. The van der Waals surface area contributed by atoms with Crippen molar-refractivity contribution < 1.29 is 19.0 Å². The summed E-state index contributed by atoms with van der Waals surface area (Å²) in [6.45, 7) is 3.44. The lowest BCUT2D eigenvalue weighted by atomic mass is 10.0. The Bertz CT molecular complexity index is 759. The lowest BCUT2D eigenvalue weighted by Crippen LogP contribution is -2.42. The van der Waals surface area contributed by atoms with Gasteiger partial charge in [0, 0.05) is 25.9 Å². The number of amides is 1. The van der Waals surface area contributed by atoms with Crippen LogP contribution in [0.3, 0.4) is 0 Å². The third-order valence-corrected chi connectivity index (χ3v) is 4.98. The minimum Gasteiger partial charge on any atom is -0.496 e. The van der Waals surface area contributed by atoms with E-state index >= 15 is 0 Å². The molecule has 1 heterocycles. The number of ether oxygens (including phenoxy) is 3. The second kappa shape index (κ2) is 8.80. The number of carbonyl (C=O) groups excluding carboxylic acids is 1. The molecule has 1 amide bonds. The highest BCUT2D eigenvalue weighted by Crippen LogP contribution is 2.31. The molecule has 3 rings (SSSR count). The van der Waals surface area contributed by atoms with Gasteiger partial charge in [0.1, 0.15) is 28.9 Å². The van der Waals surface area contributed by atoms with Gasteiger partial charge in [-0.2, -0.15) is 0 Å². The summed E-state index contributed by atoms with van der Waals surface area (Å²) >= 11 is 0. The highest BCUT2D eigenvalue weighted by molar-refractivity contribution is 5.99. The molecular weight excluding hydrogens is 342 g/mol. The minimum atomic E-state index is -0.0595. The molecule has 0 spiro atoms. The Morgan fingerprint density at radius 2 is 1.67 bits per heavy atom. The van der Waals surface area contributed by atoms with Crippen LogP contribution in [0.2, 0.25) is 0 Å². The van der Waals surface area contributed by atoms with E-state index < -0.39 is 0 Å². The first-order valence-electron chi connectivity index (χ1n) is 9.42. The molecule has 0 aromatic heterocycles. The molecule has 1 saturated heterocycles. The summed E-state index contributed by atoms with van der Waals surface area (Å²) in [5.41, 5.74) is 1.75. The van der Waals surface area contributed by atoms with Crippen LogP contribution in [0.4, 0.5) is 0 Å². The fourth-order valence-electron chi connectivity index (χ4n) is 3.43. The average molecular weight is 369 g/mol. The van der Waals surface area contributed by atoms with E-state index in [0.717, 1.165) is 25.0 Å². The fourth-order valence-corrected chi connectivity index (χ4v) is 3.43. The zero-order valence-corrected chi connectivity index (χ0v) is 16.2. The van der Waals surface area contributed by atoms with Crippen molar-refractivity contribution in [2.45, 2.75) is 32.3 Å². The second-order valence-corrected chi connectivity index (χ2v) is 6.65. The number of piperidine rings is 1. The molecule has 0 saturated carbocycles. The summed E-state index contributed by atoms with van der Waals surface area (Å²) < 4.78 is 16.9. The highest BCUT2D eigenvalue weighted by Gasteiger charge is 2.28. The molecule has 5 nitrogen and oxygen atoms in total. The van der Waals surface area contributed by atoms with Crippen molar-refractivity contribution in [2.24, 2.45) is 0 Å². The smallest absolute Gasteiger partial charge is 0.261 e. The molecule has 0 unspecified atom stereocenters. The Morgan fingerprint density at radius 1 is 1.04 bits per heavy atom. The molecule has 2 aromatic carbocycles. The van der Waals surface area contributed by atoms with E-state index in [2.05, 4.69) is 19.1 Å². The lowest BCUT2D eigenvalue weighted by molar-refractivity contribution is 0.0589. The van der Waals surface area contributed by atoms with Crippen LogP contribution >= 0.6 is 0 Å². The number of aryl methyl sites for hydroxylation is 1. The Morgan fingerprint density at radius 3 is 2.26 bits per heavy atom. The zero-order valence-electron chi connectivity index (χ0n) is 16.2. The molecule has 1 aliphatic rings. The van der Waals surface area contributed by atoms with Crippen LogP contribution in [-0.2, 0) is 6.42 Å². The molecule has 0 bridgehead atoms. The number of rotatable bonds is 6. The number of benzene rings is 2. The number of hydrogen-bond donors (Lipinski definition) is 0. The molecule has 27 heavy (non-hydrogen) atoms. The Hall–Kier alpha value is -2.69. The highest BCUT2D eigenvalue weighted by atomic mass is 16.5. The maximum absolute atomic E-state index is 13.0. The predicted molar refractivity (Wildman–Crippen MR) is 105 cm³/mol. The summed E-state index contributed by atoms with van der Waals surface area (Å²) in [5.74, 6) is 1.92. The monoisotopic (exact) mass is 369 g/mol. The van der Waals surface area contributed by atoms with Gasteiger partial charge in [-0.05, 0) is 36.2 Å². The van der Waals surface area contributed by atoms with E-state index in [4.69, 9.17) is 14.2 Å². The normalized spacial score (nSPS) is 14.7. The SMILES string of the molecule is CCc1cccc(OC2CCN(C(=O)c3c(OC)cccc3OC)CC2)c1. The Kier molecular flexibility index (Phi) is 6.22. The molecule has 0 aliphatic carbocycles. The van der Waals surface area contributed by atoms with E-state index in [1.807, 2.05) is 23.1 Å². The van der Waals surface area contributed by atoms with E-state index in [1.54, 1.807) is 26.4 Å². The van der Waals surface area contributed by atoms with Crippen LogP contribution in [0.15, 0.2) is 42.5 Å². The number of nitrogens with zero attached hydrogens (tertiary/aromatic N) is 1. The van der Waals surface area contributed by atoms with Crippen molar-refractivity contribution in [2.75, 3.05) is 27.3 Å².